The number of fused-ring (bicyclic) bond motifs is 4. The molecule has 2 aliphatic heterocycles. The molecule has 3 heterocycles. The van der Waals surface area contributed by atoms with Gasteiger partial charge in [0.1, 0.15) is 5.76 Å². The van der Waals surface area contributed by atoms with E-state index in [1.807, 2.05) is 29.2 Å². The standard InChI is InChI=1S/C25H24N2O5/c1-30-20-12-18-19(13-21(20)31-2)25(29)27-10-9-15-6-3-4-8-17(15)23(27)22(18)24(28)26-14-16-7-5-11-32-16/h3-8,11-13,22-23H,9-10,14H2,1-2H3,(H,26,28)/t22-,23+/m1/s1. The van der Waals surface area contributed by atoms with Gasteiger partial charge in [-0.2, -0.15) is 0 Å². The molecule has 0 saturated heterocycles. The van der Waals surface area contributed by atoms with Crippen molar-refractivity contribution < 1.29 is 23.5 Å². The highest BCUT2D eigenvalue weighted by molar-refractivity contribution is 6.02. The van der Waals surface area contributed by atoms with E-state index in [0.29, 0.717) is 34.9 Å². The molecule has 7 nitrogen and oxygen atoms in total. The lowest BCUT2D eigenvalue weighted by molar-refractivity contribution is -0.124. The summed E-state index contributed by atoms with van der Waals surface area (Å²) in [5.41, 5.74) is 3.28. The van der Waals surface area contributed by atoms with Crippen LogP contribution in [0.25, 0.3) is 0 Å². The maximum Gasteiger partial charge on any atom is 0.254 e. The number of ether oxygens (including phenoxy) is 2. The minimum absolute atomic E-state index is 0.101. The van der Waals surface area contributed by atoms with Crippen molar-refractivity contribution in [3.05, 3.63) is 82.8 Å². The highest BCUT2D eigenvalue weighted by Crippen LogP contribution is 2.48. The molecule has 2 aliphatic rings. The zero-order valence-corrected chi connectivity index (χ0v) is 18.0. The lowest BCUT2D eigenvalue weighted by atomic mass is 9.75. The fourth-order valence-corrected chi connectivity index (χ4v) is 4.83. The van der Waals surface area contributed by atoms with E-state index in [9.17, 15) is 9.59 Å². The molecule has 2 amide bonds. The predicted octanol–water partition coefficient (Wildman–Crippen LogP) is 3.45. The number of nitrogens with zero attached hydrogens (tertiary/aromatic N) is 1. The zero-order valence-electron chi connectivity index (χ0n) is 18.0. The van der Waals surface area contributed by atoms with E-state index in [1.54, 1.807) is 31.6 Å². The average molecular weight is 432 g/mol. The number of hydrogen-bond donors (Lipinski definition) is 1. The summed E-state index contributed by atoms with van der Waals surface area (Å²) in [5, 5.41) is 3.00. The lowest BCUT2D eigenvalue weighted by Gasteiger charge is -2.45. The van der Waals surface area contributed by atoms with Gasteiger partial charge in [-0.1, -0.05) is 24.3 Å². The van der Waals surface area contributed by atoms with Crippen molar-refractivity contribution in [3.63, 3.8) is 0 Å². The quantitative estimate of drug-likeness (QED) is 0.668. The van der Waals surface area contributed by atoms with Crippen molar-refractivity contribution in [1.29, 1.82) is 0 Å². The highest BCUT2D eigenvalue weighted by atomic mass is 16.5. The van der Waals surface area contributed by atoms with E-state index in [4.69, 9.17) is 13.9 Å². The number of amides is 2. The van der Waals surface area contributed by atoms with Gasteiger partial charge in [0.05, 0.1) is 39.0 Å². The van der Waals surface area contributed by atoms with Crippen molar-refractivity contribution in [2.24, 2.45) is 0 Å². The number of carbonyl (C=O) groups excluding carboxylic acids is 2. The van der Waals surface area contributed by atoms with Crippen LogP contribution in [0.2, 0.25) is 0 Å². The molecule has 2 aromatic carbocycles. The third-order valence-electron chi connectivity index (χ3n) is 6.33. The summed E-state index contributed by atoms with van der Waals surface area (Å²) in [6.45, 7) is 0.823. The number of nitrogens with one attached hydrogen (secondary N) is 1. The molecule has 0 fully saturated rings. The van der Waals surface area contributed by atoms with Crippen molar-refractivity contribution in [2.45, 2.75) is 24.9 Å². The van der Waals surface area contributed by atoms with Crippen LogP contribution in [0.3, 0.4) is 0 Å². The van der Waals surface area contributed by atoms with E-state index < -0.39 is 12.0 Å². The Morgan fingerprint density at radius 3 is 2.62 bits per heavy atom. The largest absolute Gasteiger partial charge is 0.493 e. The molecule has 0 radical (unpaired) electrons. The SMILES string of the molecule is COc1cc2c(cc1OC)[C@@H](C(=O)NCc1ccco1)[C@@H]1c3ccccc3CCN1C2=O. The Morgan fingerprint density at radius 2 is 1.88 bits per heavy atom. The summed E-state index contributed by atoms with van der Waals surface area (Å²) in [4.78, 5) is 29.0. The van der Waals surface area contributed by atoms with Crippen LogP contribution in [0.15, 0.2) is 59.2 Å². The number of hydrogen-bond acceptors (Lipinski definition) is 5. The molecule has 5 rings (SSSR count). The summed E-state index contributed by atoms with van der Waals surface area (Å²) >= 11 is 0. The highest BCUT2D eigenvalue weighted by Gasteiger charge is 2.46. The van der Waals surface area contributed by atoms with Gasteiger partial charge in [-0.15, -0.1) is 0 Å². The topological polar surface area (TPSA) is 81.0 Å². The first-order valence-electron chi connectivity index (χ1n) is 10.6. The second-order valence-corrected chi connectivity index (χ2v) is 7.96. The van der Waals surface area contributed by atoms with Crippen molar-refractivity contribution in [1.82, 2.24) is 10.2 Å². The van der Waals surface area contributed by atoms with Crippen LogP contribution in [-0.2, 0) is 17.8 Å². The maximum absolute atomic E-state index is 13.6. The molecule has 164 valence electrons. The smallest absolute Gasteiger partial charge is 0.254 e. The fraction of sp³-hybridized carbons (Fsp3) is 0.280. The van der Waals surface area contributed by atoms with E-state index in [0.717, 1.165) is 17.5 Å². The Balaban J connectivity index is 1.64. The summed E-state index contributed by atoms with van der Waals surface area (Å²) in [5.74, 6) is 0.743. The molecule has 3 aromatic rings. The fourth-order valence-electron chi connectivity index (χ4n) is 4.83. The second-order valence-electron chi connectivity index (χ2n) is 7.96. The minimum atomic E-state index is -0.598. The first-order valence-corrected chi connectivity index (χ1v) is 10.6. The Morgan fingerprint density at radius 1 is 1.09 bits per heavy atom. The van der Waals surface area contributed by atoms with E-state index in [2.05, 4.69) is 11.4 Å². The summed E-state index contributed by atoms with van der Waals surface area (Å²) in [6, 6.07) is 14.7. The predicted molar refractivity (Wildman–Crippen MR) is 117 cm³/mol. The second kappa shape index (κ2) is 8.07. The van der Waals surface area contributed by atoms with Gasteiger partial charge in [0.2, 0.25) is 5.91 Å². The Labute approximate surface area is 185 Å². The molecule has 0 aliphatic carbocycles. The number of benzene rings is 2. The van der Waals surface area contributed by atoms with Crippen LogP contribution >= 0.6 is 0 Å². The molecular formula is C25H24N2O5. The van der Waals surface area contributed by atoms with Crippen molar-refractivity contribution in [2.75, 3.05) is 20.8 Å². The van der Waals surface area contributed by atoms with E-state index >= 15 is 0 Å². The number of furan rings is 1. The van der Waals surface area contributed by atoms with Gasteiger partial charge in [0, 0.05) is 12.1 Å². The molecule has 2 atom stereocenters. The van der Waals surface area contributed by atoms with Crippen LogP contribution in [-0.4, -0.2) is 37.5 Å². The van der Waals surface area contributed by atoms with E-state index in [1.165, 1.54) is 7.11 Å². The minimum Gasteiger partial charge on any atom is -0.493 e. The number of carbonyl (C=O) groups is 2. The molecule has 0 unspecified atom stereocenters. The zero-order chi connectivity index (χ0) is 22.2. The van der Waals surface area contributed by atoms with Crippen LogP contribution in [0.1, 0.15) is 44.8 Å². The summed E-state index contributed by atoms with van der Waals surface area (Å²) in [6.07, 6.45) is 2.33. The third kappa shape index (κ3) is 3.21. The van der Waals surface area contributed by atoms with Crippen LogP contribution in [0.4, 0.5) is 0 Å². The van der Waals surface area contributed by atoms with Gasteiger partial charge in [0.25, 0.3) is 5.91 Å². The van der Waals surface area contributed by atoms with Crippen LogP contribution < -0.4 is 14.8 Å². The monoisotopic (exact) mass is 432 g/mol. The van der Waals surface area contributed by atoms with E-state index in [-0.39, 0.29) is 18.4 Å². The molecule has 32 heavy (non-hydrogen) atoms. The Bertz CT molecular complexity index is 1170. The van der Waals surface area contributed by atoms with Gasteiger partial charge in [-0.25, -0.2) is 0 Å². The third-order valence-corrected chi connectivity index (χ3v) is 6.33. The molecule has 1 N–H and O–H groups in total. The first kappa shape index (κ1) is 20.2. The molecule has 7 heteroatoms. The lowest BCUT2D eigenvalue weighted by Crippen LogP contribution is -2.50. The Hall–Kier alpha value is -3.74. The summed E-state index contributed by atoms with van der Waals surface area (Å²) in [7, 11) is 3.08. The first-order chi connectivity index (χ1) is 15.6. The average Bonchev–Trinajstić information content (AvgIpc) is 3.35. The molecule has 0 bridgehead atoms. The van der Waals surface area contributed by atoms with Crippen molar-refractivity contribution >= 4 is 11.8 Å². The molecule has 0 saturated carbocycles. The molecule has 1 aromatic heterocycles. The van der Waals surface area contributed by atoms with Gasteiger partial charge in [-0.3, -0.25) is 9.59 Å². The van der Waals surface area contributed by atoms with Crippen molar-refractivity contribution in [3.8, 4) is 11.5 Å². The van der Waals surface area contributed by atoms with Gasteiger partial charge in [0.15, 0.2) is 11.5 Å². The molecule has 0 spiro atoms. The van der Waals surface area contributed by atoms with Crippen LogP contribution in [0.5, 0.6) is 11.5 Å². The normalized spacial score (nSPS) is 18.9. The van der Waals surface area contributed by atoms with Gasteiger partial charge >= 0.3 is 0 Å². The number of methoxy groups -OCH3 is 2. The number of rotatable bonds is 5. The van der Waals surface area contributed by atoms with Crippen LogP contribution in [0, 0.1) is 0 Å². The summed E-state index contributed by atoms with van der Waals surface area (Å²) < 4.78 is 16.3. The molecular weight excluding hydrogens is 408 g/mol. The Kier molecular flexibility index (Phi) is 5.09. The maximum atomic E-state index is 13.6. The van der Waals surface area contributed by atoms with Gasteiger partial charge in [-0.05, 0) is 47.4 Å². The van der Waals surface area contributed by atoms with Gasteiger partial charge < -0.3 is 24.1 Å².